The third kappa shape index (κ3) is 3.38. The van der Waals surface area contributed by atoms with Crippen LogP contribution in [0.15, 0.2) is 94.8 Å². The molecule has 3 aromatic rings. The van der Waals surface area contributed by atoms with E-state index in [4.69, 9.17) is 0 Å². The molecule has 0 spiro atoms. The third-order valence-electron chi connectivity index (χ3n) is 7.19. The third-order valence-corrected chi connectivity index (χ3v) is 9.52. The number of hydrogen-bond acceptors (Lipinski definition) is 3. The first-order chi connectivity index (χ1) is 15.8. The first kappa shape index (κ1) is 22.4. The monoisotopic (exact) mass is 522 g/mol. The second-order valence-electron chi connectivity index (χ2n) is 9.11. The maximum absolute atomic E-state index is 14.0. The van der Waals surface area contributed by atoms with Gasteiger partial charge < -0.3 is 4.90 Å². The Hall–Kier alpha value is -2.41. The first-order valence-corrected chi connectivity index (χ1v) is 13.3. The molecule has 0 aliphatic carbocycles. The van der Waals surface area contributed by atoms with E-state index in [1.54, 1.807) is 16.4 Å². The van der Waals surface area contributed by atoms with Crippen LogP contribution in [-0.2, 0) is 15.4 Å². The van der Waals surface area contributed by atoms with Crippen molar-refractivity contribution in [2.24, 2.45) is 0 Å². The molecular formula is C27H27BrN2O2S. The van der Waals surface area contributed by atoms with Gasteiger partial charge in [0.2, 0.25) is 10.0 Å². The van der Waals surface area contributed by atoms with Crippen LogP contribution < -0.4 is 4.90 Å². The molecule has 0 amide bonds. The van der Waals surface area contributed by atoms with Gasteiger partial charge in [-0.25, -0.2) is 8.42 Å². The van der Waals surface area contributed by atoms with Crippen molar-refractivity contribution < 1.29 is 8.42 Å². The van der Waals surface area contributed by atoms with Crippen molar-refractivity contribution in [3.8, 4) is 0 Å². The quantitative estimate of drug-likeness (QED) is 0.395. The van der Waals surface area contributed by atoms with Crippen molar-refractivity contribution in [2.75, 3.05) is 18.0 Å². The van der Waals surface area contributed by atoms with Gasteiger partial charge >= 0.3 is 0 Å². The van der Waals surface area contributed by atoms with E-state index in [1.807, 2.05) is 49.4 Å². The lowest BCUT2D eigenvalue weighted by atomic mass is 9.71. The number of sulfonamides is 1. The molecule has 2 heterocycles. The first-order valence-electron chi connectivity index (χ1n) is 11.1. The average molecular weight is 523 g/mol. The minimum Gasteiger partial charge on any atom is -0.350 e. The number of benzene rings is 3. The van der Waals surface area contributed by atoms with Gasteiger partial charge in [0.25, 0.3) is 0 Å². The maximum atomic E-state index is 14.0. The summed E-state index contributed by atoms with van der Waals surface area (Å²) in [6.07, 6.45) is 1.50. The fraction of sp³-hybridized carbons (Fsp3) is 0.259. The van der Waals surface area contributed by atoms with E-state index in [1.165, 1.54) is 5.56 Å². The second kappa shape index (κ2) is 8.12. The lowest BCUT2D eigenvalue weighted by molar-refractivity contribution is 0.319. The molecular weight excluding hydrogens is 496 g/mol. The van der Waals surface area contributed by atoms with Gasteiger partial charge in [-0.3, -0.25) is 0 Å². The lowest BCUT2D eigenvalue weighted by Crippen LogP contribution is -2.51. The van der Waals surface area contributed by atoms with Crippen LogP contribution in [0.4, 0.5) is 5.69 Å². The van der Waals surface area contributed by atoms with E-state index >= 15 is 0 Å². The van der Waals surface area contributed by atoms with Crippen LogP contribution >= 0.6 is 15.9 Å². The highest BCUT2D eigenvalue weighted by Gasteiger charge is 2.62. The molecule has 33 heavy (non-hydrogen) atoms. The highest BCUT2D eigenvalue weighted by Crippen LogP contribution is 2.59. The summed E-state index contributed by atoms with van der Waals surface area (Å²) in [7, 11) is -3.72. The van der Waals surface area contributed by atoms with Gasteiger partial charge in [-0.15, -0.1) is 6.58 Å². The number of anilines is 1. The summed E-state index contributed by atoms with van der Waals surface area (Å²) in [5.41, 5.74) is 3.99. The largest absolute Gasteiger partial charge is 0.350 e. The smallest absolute Gasteiger partial charge is 0.244 e. The molecule has 0 N–H and O–H groups in total. The van der Waals surface area contributed by atoms with Crippen LogP contribution in [0, 0.1) is 6.92 Å². The second-order valence-corrected chi connectivity index (χ2v) is 11.9. The number of hydrogen-bond donors (Lipinski definition) is 0. The van der Waals surface area contributed by atoms with Crippen LogP contribution in [0.5, 0.6) is 0 Å². The molecule has 2 aliphatic rings. The average Bonchev–Trinajstić information content (AvgIpc) is 3.24. The van der Waals surface area contributed by atoms with Crippen molar-refractivity contribution in [1.29, 1.82) is 0 Å². The van der Waals surface area contributed by atoms with Gasteiger partial charge in [-0.2, -0.15) is 4.31 Å². The number of nitrogens with zero attached hydrogens (tertiary/aromatic N) is 2. The Bertz CT molecular complexity index is 1310. The number of aryl methyl sites for hydroxylation is 1. The molecule has 170 valence electrons. The number of fused-ring (bicyclic) bond motifs is 3. The summed E-state index contributed by atoms with van der Waals surface area (Å²) >= 11 is 3.65. The Morgan fingerprint density at radius 1 is 1.09 bits per heavy atom. The van der Waals surface area contributed by atoms with E-state index in [-0.39, 0.29) is 12.1 Å². The fourth-order valence-electron chi connectivity index (χ4n) is 5.63. The van der Waals surface area contributed by atoms with Gasteiger partial charge in [-0.05, 0) is 48.4 Å². The van der Waals surface area contributed by atoms with Crippen LogP contribution in [0.2, 0.25) is 0 Å². The Morgan fingerprint density at radius 2 is 1.79 bits per heavy atom. The standard InChI is InChI=1S/C27H27BrN2O2S/c1-4-16-29-25-15-12-21(28)17-23(25)27(3)24(20-8-6-5-7-9-20)18-30(26(27)29)33(31,32)22-13-10-19(2)11-14-22/h4-15,17,24,26H,1,16,18H2,2-3H3/t24-,26-,27+/m0/s1. The normalized spacial score (nSPS) is 24.5. The summed E-state index contributed by atoms with van der Waals surface area (Å²) in [4.78, 5) is 2.53. The Kier molecular flexibility index (Phi) is 5.51. The number of rotatable bonds is 5. The predicted molar refractivity (Wildman–Crippen MR) is 137 cm³/mol. The molecule has 0 saturated carbocycles. The van der Waals surface area contributed by atoms with Gasteiger partial charge in [0, 0.05) is 34.6 Å². The highest BCUT2D eigenvalue weighted by atomic mass is 79.9. The van der Waals surface area contributed by atoms with Crippen LogP contribution in [0.1, 0.15) is 29.5 Å². The van der Waals surface area contributed by atoms with E-state index in [9.17, 15) is 8.42 Å². The van der Waals surface area contributed by atoms with Crippen molar-refractivity contribution in [3.05, 3.63) is 107 Å². The van der Waals surface area contributed by atoms with Crippen molar-refractivity contribution in [2.45, 2.75) is 36.2 Å². The van der Waals surface area contributed by atoms with Crippen LogP contribution in [0.3, 0.4) is 0 Å². The van der Waals surface area contributed by atoms with Gasteiger partial charge in [-0.1, -0.05) is 77.0 Å². The van der Waals surface area contributed by atoms with E-state index in [0.29, 0.717) is 18.0 Å². The SMILES string of the molecule is C=CCN1c2ccc(Br)cc2[C@]2(C)[C@H](c3ccccc3)CN(S(=O)(=O)c3ccc(C)cc3)[C@H]12. The van der Waals surface area contributed by atoms with E-state index < -0.39 is 15.4 Å². The van der Waals surface area contributed by atoms with Crippen LogP contribution in [-0.4, -0.2) is 32.0 Å². The van der Waals surface area contributed by atoms with Crippen molar-refractivity contribution >= 4 is 31.6 Å². The summed E-state index contributed by atoms with van der Waals surface area (Å²) < 4.78 is 30.8. The van der Waals surface area contributed by atoms with Crippen LogP contribution in [0.25, 0.3) is 0 Å². The minimum atomic E-state index is -3.72. The minimum absolute atomic E-state index is 0.00629. The summed E-state index contributed by atoms with van der Waals surface area (Å²) in [6, 6.07) is 23.7. The van der Waals surface area contributed by atoms with Gasteiger partial charge in [0.1, 0.15) is 6.17 Å². The molecule has 4 nitrogen and oxygen atoms in total. The Morgan fingerprint density at radius 3 is 2.45 bits per heavy atom. The molecule has 6 heteroatoms. The lowest BCUT2D eigenvalue weighted by Gasteiger charge is -2.36. The molecule has 2 aliphatic heterocycles. The molecule has 1 saturated heterocycles. The maximum Gasteiger partial charge on any atom is 0.244 e. The molecule has 0 bridgehead atoms. The Balaban J connectivity index is 1.73. The summed E-state index contributed by atoms with van der Waals surface area (Å²) in [5.74, 6) is 0.00629. The van der Waals surface area contributed by atoms with E-state index in [0.717, 1.165) is 21.3 Å². The zero-order chi connectivity index (χ0) is 23.4. The zero-order valence-electron chi connectivity index (χ0n) is 18.8. The fourth-order valence-corrected chi connectivity index (χ4v) is 7.68. The molecule has 0 unspecified atom stereocenters. The molecule has 5 rings (SSSR count). The van der Waals surface area contributed by atoms with Gasteiger partial charge in [0.05, 0.1) is 4.90 Å². The summed E-state index contributed by atoms with van der Waals surface area (Å²) in [5, 5.41) is 0. The molecule has 0 radical (unpaired) electrons. The molecule has 0 aromatic heterocycles. The predicted octanol–water partition coefficient (Wildman–Crippen LogP) is 5.84. The highest BCUT2D eigenvalue weighted by molar-refractivity contribution is 9.10. The van der Waals surface area contributed by atoms with Gasteiger partial charge in [0.15, 0.2) is 0 Å². The zero-order valence-corrected chi connectivity index (χ0v) is 21.2. The topological polar surface area (TPSA) is 40.6 Å². The van der Waals surface area contributed by atoms with E-state index in [2.05, 4.69) is 58.6 Å². The summed E-state index contributed by atoms with van der Waals surface area (Å²) in [6.45, 7) is 9.13. The van der Waals surface area contributed by atoms with Crippen molar-refractivity contribution in [1.82, 2.24) is 4.31 Å². The number of halogens is 1. The van der Waals surface area contributed by atoms with Crippen molar-refractivity contribution in [3.63, 3.8) is 0 Å². The molecule has 3 aromatic carbocycles. The molecule has 3 atom stereocenters. The molecule has 1 fully saturated rings. The Labute approximate surface area is 204 Å².